The Morgan fingerprint density at radius 2 is 1.70 bits per heavy atom. The van der Waals surface area contributed by atoms with Crippen molar-refractivity contribution in [2.75, 3.05) is 46.5 Å². The summed E-state index contributed by atoms with van der Waals surface area (Å²) in [6.45, 7) is 3.97. The third-order valence-corrected chi connectivity index (χ3v) is 7.27. The standard InChI is InChI=1S/C29H26N2O6/c1-35-29(34)20-8-6-19(7-9-20)24-23-25(32)22-11-10-18-4-2-3-5-21(18)26(22)37-27(23)28(33)31(24)13-12-30-14-16-36-17-15-30/h2-11,24H,12-17H2,1H3. The number of amides is 1. The largest absolute Gasteiger partial charge is 0.465 e. The Morgan fingerprint density at radius 3 is 2.46 bits per heavy atom. The molecule has 0 saturated carbocycles. The molecule has 188 valence electrons. The van der Waals surface area contributed by atoms with Gasteiger partial charge < -0.3 is 18.8 Å². The molecule has 0 aliphatic carbocycles. The van der Waals surface area contributed by atoms with E-state index in [9.17, 15) is 14.4 Å². The van der Waals surface area contributed by atoms with E-state index in [1.165, 1.54) is 7.11 Å². The van der Waals surface area contributed by atoms with Crippen LogP contribution in [0.15, 0.2) is 69.9 Å². The van der Waals surface area contributed by atoms with Crippen LogP contribution in [0.4, 0.5) is 0 Å². The number of nitrogens with zero attached hydrogens (tertiary/aromatic N) is 2. The van der Waals surface area contributed by atoms with E-state index in [0.29, 0.717) is 48.4 Å². The second kappa shape index (κ2) is 9.46. The first-order valence-corrected chi connectivity index (χ1v) is 12.3. The van der Waals surface area contributed by atoms with Crippen molar-refractivity contribution in [1.82, 2.24) is 9.80 Å². The molecule has 37 heavy (non-hydrogen) atoms. The van der Waals surface area contributed by atoms with Crippen molar-refractivity contribution in [2.45, 2.75) is 6.04 Å². The number of methoxy groups -OCH3 is 1. The molecule has 1 unspecified atom stereocenters. The smallest absolute Gasteiger partial charge is 0.337 e. The van der Waals surface area contributed by atoms with Gasteiger partial charge in [0.1, 0.15) is 5.58 Å². The zero-order chi connectivity index (χ0) is 25.5. The topological polar surface area (TPSA) is 89.3 Å². The van der Waals surface area contributed by atoms with E-state index in [4.69, 9.17) is 13.9 Å². The van der Waals surface area contributed by atoms with E-state index >= 15 is 0 Å². The molecule has 1 aromatic heterocycles. The number of hydrogen-bond donors (Lipinski definition) is 0. The van der Waals surface area contributed by atoms with Crippen molar-refractivity contribution < 1.29 is 23.5 Å². The van der Waals surface area contributed by atoms with E-state index in [-0.39, 0.29) is 17.1 Å². The Morgan fingerprint density at radius 1 is 0.946 bits per heavy atom. The predicted molar refractivity (Wildman–Crippen MR) is 138 cm³/mol. The van der Waals surface area contributed by atoms with Gasteiger partial charge in [-0.3, -0.25) is 14.5 Å². The lowest BCUT2D eigenvalue weighted by Crippen LogP contribution is -2.42. The highest BCUT2D eigenvalue weighted by Crippen LogP contribution is 2.39. The average Bonchev–Trinajstić information content (AvgIpc) is 3.23. The molecule has 1 fully saturated rings. The van der Waals surface area contributed by atoms with Gasteiger partial charge in [-0.25, -0.2) is 4.79 Å². The Labute approximate surface area is 213 Å². The van der Waals surface area contributed by atoms with Gasteiger partial charge in [-0.05, 0) is 29.1 Å². The third kappa shape index (κ3) is 3.98. The average molecular weight is 499 g/mol. The second-order valence-corrected chi connectivity index (χ2v) is 9.31. The maximum atomic E-state index is 13.9. The summed E-state index contributed by atoms with van der Waals surface area (Å²) >= 11 is 0. The van der Waals surface area contributed by atoms with Crippen LogP contribution in [-0.2, 0) is 9.47 Å². The van der Waals surface area contributed by atoms with Crippen LogP contribution in [0.2, 0.25) is 0 Å². The highest BCUT2D eigenvalue weighted by Gasteiger charge is 2.42. The third-order valence-electron chi connectivity index (χ3n) is 7.27. The summed E-state index contributed by atoms with van der Waals surface area (Å²) < 4.78 is 16.5. The normalized spacial score (nSPS) is 17.9. The molecule has 3 aromatic carbocycles. The number of hydrogen-bond acceptors (Lipinski definition) is 7. The number of ether oxygens (including phenoxy) is 2. The van der Waals surface area contributed by atoms with E-state index in [2.05, 4.69) is 4.90 Å². The summed E-state index contributed by atoms with van der Waals surface area (Å²) in [7, 11) is 1.33. The number of rotatable bonds is 5. The summed E-state index contributed by atoms with van der Waals surface area (Å²) in [5.74, 6) is -0.675. The molecule has 8 nitrogen and oxygen atoms in total. The summed E-state index contributed by atoms with van der Waals surface area (Å²) in [4.78, 5) is 43.6. The van der Waals surface area contributed by atoms with E-state index in [1.807, 2.05) is 30.3 Å². The van der Waals surface area contributed by atoms with Crippen LogP contribution in [0.25, 0.3) is 21.7 Å². The summed E-state index contributed by atoms with van der Waals surface area (Å²) in [6.07, 6.45) is 0. The van der Waals surface area contributed by atoms with E-state index in [1.54, 1.807) is 35.2 Å². The number of benzene rings is 3. The maximum absolute atomic E-state index is 13.9. The van der Waals surface area contributed by atoms with Crippen molar-refractivity contribution >= 4 is 33.6 Å². The fourth-order valence-corrected chi connectivity index (χ4v) is 5.32. The molecule has 1 atom stereocenters. The van der Waals surface area contributed by atoms with Gasteiger partial charge in [-0.1, -0.05) is 42.5 Å². The van der Waals surface area contributed by atoms with Gasteiger partial charge in [-0.15, -0.1) is 0 Å². The molecule has 1 saturated heterocycles. The Hall–Kier alpha value is -4.01. The highest BCUT2D eigenvalue weighted by atomic mass is 16.5. The Balaban J connectivity index is 1.48. The van der Waals surface area contributed by atoms with Crippen molar-refractivity contribution in [3.63, 3.8) is 0 Å². The molecule has 0 radical (unpaired) electrons. The SMILES string of the molecule is COC(=O)c1ccc(C2c3c(oc4c(ccc5ccccc54)c3=O)C(=O)N2CCN2CCOCC2)cc1. The zero-order valence-electron chi connectivity index (χ0n) is 20.4. The maximum Gasteiger partial charge on any atom is 0.337 e. The Bertz CT molecular complexity index is 1570. The molecule has 2 aliphatic heterocycles. The van der Waals surface area contributed by atoms with Gasteiger partial charge in [0.25, 0.3) is 5.91 Å². The lowest BCUT2D eigenvalue weighted by atomic mass is 9.96. The van der Waals surface area contributed by atoms with Crippen molar-refractivity contribution in [1.29, 1.82) is 0 Å². The van der Waals surface area contributed by atoms with Crippen LogP contribution in [0.5, 0.6) is 0 Å². The molecule has 4 aromatic rings. The van der Waals surface area contributed by atoms with Gasteiger partial charge in [0.2, 0.25) is 5.76 Å². The fraction of sp³-hybridized carbons (Fsp3) is 0.276. The molecule has 0 N–H and O–H groups in total. The van der Waals surface area contributed by atoms with Crippen molar-refractivity contribution in [2.24, 2.45) is 0 Å². The van der Waals surface area contributed by atoms with Gasteiger partial charge in [-0.2, -0.15) is 0 Å². The minimum absolute atomic E-state index is 0.0814. The molecule has 0 bridgehead atoms. The Kier molecular flexibility index (Phi) is 5.98. The number of esters is 1. The number of carbonyl (C=O) groups is 2. The molecule has 6 rings (SSSR count). The quantitative estimate of drug-likeness (QED) is 0.307. The van der Waals surface area contributed by atoms with Crippen molar-refractivity contribution in [3.8, 4) is 0 Å². The van der Waals surface area contributed by atoms with Crippen LogP contribution < -0.4 is 5.43 Å². The first-order chi connectivity index (χ1) is 18.1. The molecular weight excluding hydrogens is 472 g/mol. The lowest BCUT2D eigenvalue weighted by molar-refractivity contribution is 0.0314. The lowest BCUT2D eigenvalue weighted by Gasteiger charge is -2.31. The van der Waals surface area contributed by atoms with Gasteiger partial charge in [0, 0.05) is 31.6 Å². The van der Waals surface area contributed by atoms with E-state index < -0.39 is 12.0 Å². The molecule has 2 aliphatic rings. The van der Waals surface area contributed by atoms with Gasteiger partial charge in [0.05, 0.1) is 42.9 Å². The van der Waals surface area contributed by atoms with Crippen LogP contribution in [0.3, 0.4) is 0 Å². The van der Waals surface area contributed by atoms with Gasteiger partial charge in [0.15, 0.2) is 5.43 Å². The fourth-order valence-electron chi connectivity index (χ4n) is 5.32. The van der Waals surface area contributed by atoms with Gasteiger partial charge >= 0.3 is 5.97 Å². The van der Waals surface area contributed by atoms with Crippen LogP contribution in [0, 0.1) is 0 Å². The van der Waals surface area contributed by atoms with Crippen molar-refractivity contribution in [3.05, 3.63) is 93.3 Å². The first-order valence-electron chi connectivity index (χ1n) is 12.3. The zero-order valence-corrected chi connectivity index (χ0v) is 20.4. The molecule has 3 heterocycles. The van der Waals surface area contributed by atoms with E-state index in [0.717, 1.165) is 29.4 Å². The molecular formula is C29H26N2O6. The molecule has 1 amide bonds. The minimum atomic E-state index is -0.623. The first kappa shape index (κ1) is 23.4. The number of fused-ring (bicyclic) bond motifs is 4. The summed E-state index contributed by atoms with van der Waals surface area (Å²) in [6, 6.07) is 17.5. The number of morpholine rings is 1. The van der Waals surface area contributed by atoms with Crippen LogP contribution in [0.1, 0.15) is 38.1 Å². The number of carbonyl (C=O) groups excluding carboxylic acids is 2. The molecule has 0 spiro atoms. The highest BCUT2D eigenvalue weighted by molar-refractivity contribution is 6.06. The summed E-state index contributed by atoms with van der Waals surface area (Å²) in [5, 5.41) is 2.16. The monoisotopic (exact) mass is 498 g/mol. The minimum Gasteiger partial charge on any atom is -0.465 e. The second-order valence-electron chi connectivity index (χ2n) is 9.31. The van der Waals surface area contributed by atoms with Crippen LogP contribution in [-0.4, -0.2) is 68.2 Å². The van der Waals surface area contributed by atoms with Crippen LogP contribution >= 0.6 is 0 Å². The summed E-state index contributed by atoms with van der Waals surface area (Å²) in [5.41, 5.74) is 1.67. The predicted octanol–water partition coefficient (Wildman–Crippen LogP) is 3.61. The molecule has 8 heteroatoms.